The summed E-state index contributed by atoms with van der Waals surface area (Å²) in [6, 6.07) is 8.33. The Morgan fingerprint density at radius 2 is 1.78 bits per heavy atom. The monoisotopic (exact) mass is 424 g/mol. The van der Waals surface area contributed by atoms with Gasteiger partial charge in [0.2, 0.25) is 10.0 Å². The predicted octanol–water partition coefficient (Wildman–Crippen LogP) is 3.43. The quantitative estimate of drug-likeness (QED) is 0.758. The summed E-state index contributed by atoms with van der Waals surface area (Å²) in [7, 11) is -3.59. The van der Waals surface area contributed by atoms with Crippen LogP contribution in [0, 0.1) is 0 Å². The van der Waals surface area contributed by atoms with Crippen LogP contribution in [0.5, 0.6) is 0 Å². The molecule has 0 unspecified atom stereocenters. The standard InChI is InChI=1S/C19H21ClN2O3S2/c20-15-5-3-6-16(13-15)27(24,25)22-10-8-21(9-11-22)19(23)18-12-14-4-1-2-7-17(14)26-18/h3,5-6,12-13H,1-2,4,7-11H2. The van der Waals surface area contributed by atoms with Gasteiger partial charge in [-0.2, -0.15) is 4.31 Å². The van der Waals surface area contributed by atoms with E-state index >= 15 is 0 Å². The lowest BCUT2D eigenvalue weighted by molar-refractivity contribution is 0.0702. The molecule has 1 fully saturated rings. The fourth-order valence-electron chi connectivity index (χ4n) is 3.66. The summed E-state index contributed by atoms with van der Waals surface area (Å²) in [5, 5.41) is 0.395. The summed E-state index contributed by atoms with van der Waals surface area (Å²) >= 11 is 7.53. The first-order valence-electron chi connectivity index (χ1n) is 9.12. The first kappa shape index (κ1) is 18.9. The van der Waals surface area contributed by atoms with Crippen LogP contribution in [-0.4, -0.2) is 49.7 Å². The van der Waals surface area contributed by atoms with Crippen molar-refractivity contribution in [2.24, 2.45) is 0 Å². The number of amides is 1. The molecule has 1 aliphatic carbocycles. The van der Waals surface area contributed by atoms with Crippen molar-refractivity contribution in [3.63, 3.8) is 0 Å². The van der Waals surface area contributed by atoms with Crippen LogP contribution in [0.1, 0.15) is 33.0 Å². The van der Waals surface area contributed by atoms with Gasteiger partial charge in [0, 0.05) is 36.1 Å². The molecule has 144 valence electrons. The van der Waals surface area contributed by atoms with Gasteiger partial charge in [-0.3, -0.25) is 4.79 Å². The smallest absolute Gasteiger partial charge is 0.264 e. The third-order valence-corrected chi connectivity index (χ3v) is 8.52. The Morgan fingerprint density at radius 3 is 2.48 bits per heavy atom. The molecule has 4 rings (SSSR count). The number of sulfonamides is 1. The summed E-state index contributed by atoms with van der Waals surface area (Å²) in [5.74, 6) is 0.0224. The van der Waals surface area contributed by atoms with E-state index < -0.39 is 10.0 Å². The molecule has 8 heteroatoms. The molecule has 1 saturated heterocycles. The molecule has 0 spiro atoms. The molecular weight excluding hydrogens is 404 g/mol. The van der Waals surface area contributed by atoms with Crippen molar-refractivity contribution in [3.8, 4) is 0 Å². The van der Waals surface area contributed by atoms with Crippen molar-refractivity contribution in [2.75, 3.05) is 26.2 Å². The Balaban J connectivity index is 1.44. The van der Waals surface area contributed by atoms with Gasteiger partial charge < -0.3 is 4.90 Å². The van der Waals surface area contributed by atoms with Crippen LogP contribution in [0.3, 0.4) is 0 Å². The molecule has 0 saturated carbocycles. The average molecular weight is 425 g/mol. The minimum atomic E-state index is -3.59. The number of rotatable bonds is 3. The Morgan fingerprint density at radius 1 is 1.04 bits per heavy atom. The number of carbonyl (C=O) groups excluding carboxylic acids is 1. The highest BCUT2D eigenvalue weighted by molar-refractivity contribution is 7.89. The van der Waals surface area contributed by atoms with Crippen molar-refractivity contribution in [1.82, 2.24) is 9.21 Å². The molecule has 1 aromatic carbocycles. The van der Waals surface area contributed by atoms with E-state index in [-0.39, 0.29) is 10.8 Å². The fourth-order valence-corrected chi connectivity index (χ4v) is 6.61. The Hall–Kier alpha value is -1.41. The summed E-state index contributed by atoms with van der Waals surface area (Å²) < 4.78 is 27.0. The third-order valence-electron chi connectivity index (χ3n) is 5.17. The normalized spacial score (nSPS) is 18.3. The highest BCUT2D eigenvalue weighted by Crippen LogP contribution is 2.30. The molecule has 0 bridgehead atoms. The zero-order valence-corrected chi connectivity index (χ0v) is 17.2. The average Bonchev–Trinajstić information content (AvgIpc) is 3.12. The number of halogens is 1. The number of nitrogens with zero attached hydrogens (tertiary/aromatic N) is 2. The number of thiophene rings is 1. The van der Waals surface area contributed by atoms with Gasteiger partial charge in [-0.25, -0.2) is 8.42 Å². The summed E-state index contributed by atoms with van der Waals surface area (Å²) in [6.45, 7) is 1.40. The van der Waals surface area contributed by atoms with Crippen LogP contribution in [0.4, 0.5) is 0 Å². The van der Waals surface area contributed by atoms with Crippen LogP contribution in [0.2, 0.25) is 5.02 Å². The molecule has 1 aliphatic heterocycles. The van der Waals surface area contributed by atoms with E-state index in [1.165, 1.54) is 33.7 Å². The maximum absolute atomic E-state index is 12.8. The number of aryl methyl sites for hydroxylation is 2. The molecule has 0 radical (unpaired) electrons. The van der Waals surface area contributed by atoms with E-state index in [0.29, 0.717) is 31.2 Å². The van der Waals surface area contributed by atoms with Crippen LogP contribution < -0.4 is 0 Å². The summed E-state index contributed by atoms with van der Waals surface area (Å²) in [4.78, 5) is 16.9. The first-order chi connectivity index (χ1) is 12.9. The molecule has 27 heavy (non-hydrogen) atoms. The van der Waals surface area contributed by atoms with Gasteiger partial charge in [0.1, 0.15) is 0 Å². The molecular formula is C19H21ClN2O3S2. The number of hydrogen-bond donors (Lipinski definition) is 0. The first-order valence-corrected chi connectivity index (χ1v) is 11.8. The van der Waals surface area contributed by atoms with E-state index in [1.807, 2.05) is 6.07 Å². The van der Waals surface area contributed by atoms with Crippen molar-refractivity contribution in [2.45, 2.75) is 30.6 Å². The third kappa shape index (κ3) is 3.78. The van der Waals surface area contributed by atoms with Gasteiger partial charge in [-0.1, -0.05) is 17.7 Å². The van der Waals surface area contributed by atoms with E-state index in [0.717, 1.165) is 17.7 Å². The molecule has 0 N–H and O–H groups in total. The molecule has 2 aliphatic rings. The summed E-state index contributed by atoms with van der Waals surface area (Å²) in [5.41, 5.74) is 1.32. The molecule has 2 aromatic rings. The lowest BCUT2D eigenvalue weighted by Gasteiger charge is -2.33. The van der Waals surface area contributed by atoms with Crippen molar-refractivity contribution in [1.29, 1.82) is 0 Å². The zero-order valence-electron chi connectivity index (χ0n) is 14.9. The minimum Gasteiger partial charge on any atom is -0.335 e. The number of hydrogen-bond acceptors (Lipinski definition) is 4. The van der Waals surface area contributed by atoms with E-state index in [2.05, 4.69) is 0 Å². The van der Waals surface area contributed by atoms with Crippen molar-refractivity contribution < 1.29 is 13.2 Å². The van der Waals surface area contributed by atoms with Crippen molar-refractivity contribution >= 4 is 38.9 Å². The largest absolute Gasteiger partial charge is 0.335 e. The lowest BCUT2D eigenvalue weighted by Crippen LogP contribution is -2.50. The SMILES string of the molecule is O=C(c1cc2c(s1)CCCC2)N1CCN(S(=O)(=O)c2cccc(Cl)c2)CC1. The second-order valence-electron chi connectivity index (χ2n) is 6.92. The molecule has 0 atom stereocenters. The number of carbonyl (C=O) groups is 1. The number of benzene rings is 1. The maximum Gasteiger partial charge on any atom is 0.264 e. The molecule has 1 aromatic heterocycles. The second kappa shape index (κ2) is 7.54. The highest BCUT2D eigenvalue weighted by Gasteiger charge is 2.31. The van der Waals surface area contributed by atoms with Gasteiger partial charge in [0.15, 0.2) is 0 Å². The van der Waals surface area contributed by atoms with Crippen LogP contribution >= 0.6 is 22.9 Å². The Kier molecular flexibility index (Phi) is 5.29. The maximum atomic E-state index is 12.8. The lowest BCUT2D eigenvalue weighted by atomic mass is 9.99. The molecule has 1 amide bonds. The second-order valence-corrected chi connectivity index (χ2v) is 10.4. The predicted molar refractivity (Wildman–Crippen MR) is 107 cm³/mol. The molecule has 5 nitrogen and oxygen atoms in total. The number of piperazine rings is 1. The van der Waals surface area contributed by atoms with Gasteiger partial charge in [-0.15, -0.1) is 11.3 Å². The van der Waals surface area contributed by atoms with Gasteiger partial charge >= 0.3 is 0 Å². The van der Waals surface area contributed by atoms with E-state index in [1.54, 1.807) is 34.4 Å². The topological polar surface area (TPSA) is 57.7 Å². The van der Waals surface area contributed by atoms with E-state index in [9.17, 15) is 13.2 Å². The molecule has 2 heterocycles. The van der Waals surface area contributed by atoms with Gasteiger partial charge in [0.25, 0.3) is 5.91 Å². The Bertz CT molecular complexity index is 940. The number of fused-ring (bicyclic) bond motifs is 1. The van der Waals surface area contributed by atoms with Crippen molar-refractivity contribution in [3.05, 3.63) is 50.7 Å². The zero-order chi connectivity index (χ0) is 19.0. The van der Waals surface area contributed by atoms with Gasteiger partial charge in [0.05, 0.1) is 9.77 Å². The highest BCUT2D eigenvalue weighted by atomic mass is 35.5. The summed E-state index contributed by atoms with van der Waals surface area (Å²) in [6.07, 6.45) is 4.52. The minimum absolute atomic E-state index is 0.0224. The van der Waals surface area contributed by atoms with E-state index in [4.69, 9.17) is 11.6 Å². The van der Waals surface area contributed by atoms with Crippen LogP contribution in [0.25, 0.3) is 0 Å². The van der Waals surface area contributed by atoms with Crippen LogP contribution in [-0.2, 0) is 22.9 Å². The van der Waals surface area contributed by atoms with Crippen LogP contribution in [0.15, 0.2) is 35.2 Å². The Labute approximate surface area is 168 Å². The van der Waals surface area contributed by atoms with Gasteiger partial charge in [-0.05, 0) is 55.5 Å². The fraction of sp³-hybridized carbons (Fsp3) is 0.421.